The van der Waals surface area contributed by atoms with Crippen molar-refractivity contribution in [2.45, 2.75) is 0 Å². The second kappa shape index (κ2) is 9.22. The Morgan fingerprint density at radius 3 is 1.93 bits per heavy atom. The van der Waals surface area contributed by atoms with Crippen molar-refractivity contribution in [2.24, 2.45) is 0 Å². The molecule has 45 heavy (non-hydrogen) atoms. The van der Waals surface area contributed by atoms with E-state index in [2.05, 4.69) is 178 Å². The summed E-state index contributed by atoms with van der Waals surface area (Å²) in [6.45, 7) is 0. The van der Waals surface area contributed by atoms with Crippen molar-refractivity contribution in [1.29, 1.82) is 0 Å². The number of aromatic nitrogens is 2. The van der Waals surface area contributed by atoms with Crippen molar-refractivity contribution in [1.82, 2.24) is 9.13 Å². The van der Waals surface area contributed by atoms with Gasteiger partial charge >= 0.3 is 0 Å². The Bertz CT molecular complexity index is 2600. The van der Waals surface area contributed by atoms with Crippen LogP contribution in [0.2, 0.25) is 0 Å². The summed E-state index contributed by atoms with van der Waals surface area (Å²) in [4.78, 5) is 2.45. The molecule has 0 atom stereocenters. The van der Waals surface area contributed by atoms with Crippen LogP contribution < -0.4 is 4.90 Å². The lowest BCUT2D eigenvalue weighted by Crippen LogP contribution is -2.13. The number of hydrogen-bond acceptors (Lipinski definition) is 1. The van der Waals surface area contributed by atoms with Crippen molar-refractivity contribution in [3.8, 4) is 22.5 Å². The summed E-state index contributed by atoms with van der Waals surface area (Å²) in [6.07, 6.45) is 0. The summed E-state index contributed by atoms with van der Waals surface area (Å²) >= 11 is 0. The Balaban J connectivity index is 1.34. The normalized spacial score (nSPS) is 12.4. The Kier molecular flexibility index (Phi) is 5.00. The first-order valence-electron chi connectivity index (χ1n) is 15.5. The van der Waals surface area contributed by atoms with Crippen molar-refractivity contribution < 1.29 is 0 Å². The topological polar surface area (TPSA) is 13.1 Å². The number of para-hydroxylation sites is 4. The van der Waals surface area contributed by atoms with Crippen molar-refractivity contribution >= 4 is 60.7 Å². The van der Waals surface area contributed by atoms with E-state index in [4.69, 9.17) is 0 Å². The van der Waals surface area contributed by atoms with Gasteiger partial charge in [-0.05, 0) is 53.9 Å². The lowest BCUT2D eigenvalue weighted by molar-refractivity contribution is 1.10. The molecule has 3 heterocycles. The molecule has 0 saturated heterocycles. The van der Waals surface area contributed by atoms with Gasteiger partial charge in [0.1, 0.15) is 5.82 Å². The largest absolute Gasteiger partial charge is 0.309 e. The molecule has 1 aliphatic heterocycles. The molecule has 0 fully saturated rings. The first-order chi connectivity index (χ1) is 22.3. The fourth-order valence-corrected chi connectivity index (χ4v) is 7.50. The maximum atomic E-state index is 2.48. The smallest absolute Gasteiger partial charge is 0.123 e. The third-order valence-electron chi connectivity index (χ3n) is 9.41. The highest BCUT2D eigenvalue weighted by atomic mass is 15.3. The van der Waals surface area contributed by atoms with Crippen LogP contribution in [0.1, 0.15) is 0 Å². The molecule has 0 amide bonds. The zero-order valence-corrected chi connectivity index (χ0v) is 24.4. The van der Waals surface area contributed by atoms with Crippen LogP contribution >= 0.6 is 0 Å². The molecule has 210 valence electrons. The maximum Gasteiger partial charge on any atom is 0.123 e. The maximum absolute atomic E-state index is 2.48. The summed E-state index contributed by atoms with van der Waals surface area (Å²) in [5.74, 6) is 1.13. The fraction of sp³-hybridized carbons (Fsp3) is 0. The third kappa shape index (κ3) is 3.41. The van der Waals surface area contributed by atoms with Crippen molar-refractivity contribution in [3.63, 3.8) is 0 Å². The van der Waals surface area contributed by atoms with Crippen LogP contribution in [0.4, 0.5) is 17.2 Å². The van der Waals surface area contributed by atoms with E-state index in [1.54, 1.807) is 0 Å². The van der Waals surface area contributed by atoms with E-state index >= 15 is 0 Å². The zero-order chi connectivity index (χ0) is 29.5. The molecular weight excluding hydrogens is 546 g/mol. The lowest BCUT2D eigenvalue weighted by Gasteiger charge is -2.26. The van der Waals surface area contributed by atoms with Crippen LogP contribution in [0.25, 0.3) is 66.0 Å². The van der Waals surface area contributed by atoms with Crippen LogP contribution in [-0.2, 0) is 0 Å². The minimum Gasteiger partial charge on any atom is -0.309 e. The van der Waals surface area contributed by atoms with Gasteiger partial charge in [0.15, 0.2) is 0 Å². The average Bonchev–Trinajstić information content (AvgIpc) is 3.60. The molecule has 0 saturated carbocycles. The monoisotopic (exact) mass is 573 g/mol. The van der Waals surface area contributed by atoms with E-state index in [0.717, 1.165) is 22.9 Å². The lowest BCUT2D eigenvalue weighted by atomic mass is 9.96. The Morgan fingerprint density at radius 1 is 0.356 bits per heavy atom. The third-order valence-corrected chi connectivity index (χ3v) is 9.41. The average molecular weight is 574 g/mol. The molecular formula is C42H27N3. The Labute approximate surface area is 260 Å². The van der Waals surface area contributed by atoms with Crippen molar-refractivity contribution in [2.75, 3.05) is 4.90 Å². The van der Waals surface area contributed by atoms with E-state index < -0.39 is 0 Å². The molecule has 0 unspecified atom stereocenters. The van der Waals surface area contributed by atoms with E-state index in [0.29, 0.717) is 0 Å². The summed E-state index contributed by atoms with van der Waals surface area (Å²) in [6, 6.07) is 59.6. The fourth-order valence-electron chi connectivity index (χ4n) is 7.50. The Morgan fingerprint density at radius 2 is 1.04 bits per heavy atom. The second-order valence-electron chi connectivity index (χ2n) is 11.8. The van der Waals surface area contributed by atoms with Gasteiger partial charge in [-0.25, -0.2) is 0 Å². The highest BCUT2D eigenvalue weighted by Crippen LogP contribution is 2.51. The van der Waals surface area contributed by atoms with Gasteiger partial charge in [-0.1, -0.05) is 115 Å². The number of benzene rings is 7. The highest BCUT2D eigenvalue weighted by Gasteiger charge is 2.29. The summed E-state index contributed by atoms with van der Waals surface area (Å²) < 4.78 is 4.87. The van der Waals surface area contributed by atoms with Crippen LogP contribution in [-0.4, -0.2) is 9.13 Å². The minimum atomic E-state index is 1.12. The van der Waals surface area contributed by atoms with Crippen LogP contribution in [0.5, 0.6) is 0 Å². The minimum absolute atomic E-state index is 1.12. The molecule has 9 aromatic rings. The molecule has 7 aromatic carbocycles. The van der Waals surface area contributed by atoms with E-state index in [1.165, 1.54) is 60.3 Å². The SMILES string of the molecule is c1ccc(-n2c3ccccc3c3ccc(N4c5ccccc5-c5ccc6ccccc6c5-n5c4cc4ccccc45)cc32)cc1. The molecule has 2 aromatic heterocycles. The predicted octanol–water partition coefficient (Wildman–Crippen LogP) is 11.3. The van der Waals surface area contributed by atoms with Crippen LogP contribution in [0.3, 0.4) is 0 Å². The number of anilines is 3. The molecule has 0 spiro atoms. The second-order valence-corrected chi connectivity index (χ2v) is 11.8. The number of hydrogen-bond donors (Lipinski definition) is 0. The van der Waals surface area contributed by atoms with Gasteiger partial charge in [0, 0.05) is 44.0 Å². The standard InChI is InChI=1S/C42H27N3/c1-2-14-30(15-3-1)43-38-20-10-7-17-33(38)35-25-23-31(27-40(35)43)44-39-21-11-8-18-34(39)36-24-22-28-12-4-6-16-32(28)42(36)45-37-19-9-5-13-29(37)26-41(44)45/h1-27H. The van der Waals surface area contributed by atoms with Gasteiger partial charge in [-0.3, -0.25) is 9.47 Å². The van der Waals surface area contributed by atoms with E-state index in [1.807, 2.05) is 0 Å². The Hall–Kier alpha value is -6.06. The van der Waals surface area contributed by atoms with Gasteiger partial charge in [0.25, 0.3) is 0 Å². The van der Waals surface area contributed by atoms with E-state index in [9.17, 15) is 0 Å². The van der Waals surface area contributed by atoms with Gasteiger partial charge in [-0.15, -0.1) is 0 Å². The molecule has 10 rings (SSSR count). The number of rotatable bonds is 2. The number of nitrogens with zero attached hydrogens (tertiary/aromatic N) is 3. The predicted molar refractivity (Wildman–Crippen MR) is 189 cm³/mol. The number of fused-ring (bicyclic) bond motifs is 12. The summed E-state index contributed by atoms with van der Waals surface area (Å²) in [7, 11) is 0. The van der Waals surface area contributed by atoms with Gasteiger partial charge in [0.05, 0.1) is 27.9 Å². The molecule has 3 heteroatoms. The zero-order valence-electron chi connectivity index (χ0n) is 24.4. The van der Waals surface area contributed by atoms with Crippen LogP contribution in [0, 0.1) is 0 Å². The highest BCUT2D eigenvalue weighted by molar-refractivity contribution is 6.11. The van der Waals surface area contributed by atoms with Gasteiger partial charge in [-0.2, -0.15) is 0 Å². The van der Waals surface area contributed by atoms with Gasteiger partial charge in [0.2, 0.25) is 0 Å². The first-order valence-corrected chi connectivity index (χ1v) is 15.5. The molecule has 0 N–H and O–H groups in total. The van der Waals surface area contributed by atoms with Crippen molar-refractivity contribution in [3.05, 3.63) is 164 Å². The summed E-state index contributed by atoms with van der Waals surface area (Å²) in [5.41, 5.74) is 10.7. The molecule has 1 aliphatic rings. The molecule has 3 nitrogen and oxygen atoms in total. The van der Waals surface area contributed by atoms with Crippen LogP contribution in [0.15, 0.2) is 164 Å². The van der Waals surface area contributed by atoms with E-state index in [-0.39, 0.29) is 0 Å². The molecule has 0 radical (unpaired) electrons. The summed E-state index contributed by atoms with van der Waals surface area (Å²) in [5, 5.41) is 6.20. The quantitative estimate of drug-likeness (QED) is 0.200. The molecule has 0 aliphatic carbocycles. The molecule has 0 bridgehead atoms. The van der Waals surface area contributed by atoms with Gasteiger partial charge < -0.3 is 4.57 Å². The first kappa shape index (κ1) is 24.4.